The van der Waals surface area contributed by atoms with E-state index >= 15 is 0 Å². The minimum Gasteiger partial charge on any atom is -0.465 e. The third-order valence-corrected chi connectivity index (χ3v) is 4.81. The summed E-state index contributed by atoms with van der Waals surface area (Å²) in [5.74, 6) is -0.570. The highest BCUT2D eigenvalue weighted by atomic mass is 32.1. The predicted molar refractivity (Wildman–Crippen MR) is 81.8 cm³/mol. The molecule has 1 aromatic heterocycles. The maximum absolute atomic E-state index is 12.0. The number of carbonyl (C=O) groups is 2. The van der Waals surface area contributed by atoms with Crippen LogP contribution < -0.4 is 5.32 Å². The second-order valence-electron chi connectivity index (χ2n) is 5.34. The van der Waals surface area contributed by atoms with Gasteiger partial charge >= 0.3 is 5.97 Å². The molecule has 1 amide bonds. The Morgan fingerprint density at radius 1 is 1.38 bits per heavy atom. The van der Waals surface area contributed by atoms with Crippen molar-refractivity contribution in [2.75, 3.05) is 12.4 Å². The number of fused-ring (bicyclic) bond motifs is 1. The van der Waals surface area contributed by atoms with Crippen LogP contribution in [0, 0.1) is 0 Å². The molecule has 0 radical (unpaired) electrons. The summed E-state index contributed by atoms with van der Waals surface area (Å²) < 4.78 is 4.86. The van der Waals surface area contributed by atoms with Gasteiger partial charge in [-0.2, -0.15) is 0 Å². The zero-order valence-corrected chi connectivity index (χ0v) is 13.2. The van der Waals surface area contributed by atoms with Crippen LogP contribution in [0.2, 0.25) is 0 Å². The van der Waals surface area contributed by atoms with Gasteiger partial charge in [0.15, 0.2) is 0 Å². The number of carbonyl (C=O) groups excluding carboxylic acids is 2. The molecule has 1 aliphatic carbocycles. The largest absolute Gasteiger partial charge is 0.465 e. The van der Waals surface area contributed by atoms with Crippen molar-refractivity contribution in [3.8, 4) is 0 Å². The maximum Gasteiger partial charge on any atom is 0.341 e. The van der Waals surface area contributed by atoms with Crippen LogP contribution in [-0.2, 0) is 22.4 Å². The lowest BCUT2D eigenvalue weighted by Crippen LogP contribution is -2.16. The summed E-state index contributed by atoms with van der Waals surface area (Å²) in [4.78, 5) is 25.1. The summed E-state index contributed by atoms with van der Waals surface area (Å²) in [5, 5.41) is 12.6. The van der Waals surface area contributed by atoms with E-state index < -0.39 is 6.10 Å². The van der Waals surface area contributed by atoms with E-state index in [0.717, 1.165) is 31.2 Å². The number of amides is 1. The summed E-state index contributed by atoms with van der Waals surface area (Å²) in [6.07, 6.45) is 4.12. The fourth-order valence-corrected chi connectivity index (χ4v) is 3.79. The number of ether oxygens (including phenoxy) is 1. The molecule has 1 aliphatic rings. The van der Waals surface area contributed by atoms with Crippen molar-refractivity contribution < 1.29 is 19.4 Å². The first-order valence-corrected chi connectivity index (χ1v) is 8.05. The average molecular weight is 311 g/mol. The third-order valence-electron chi connectivity index (χ3n) is 3.60. The van der Waals surface area contributed by atoms with Crippen LogP contribution in [0.5, 0.6) is 0 Å². The van der Waals surface area contributed by atoms with E-state index in [1.165, 1.54) is 23.3 Å². The van der Waals surface area contributed by atoms with E-state index in [2.05, 4.69) is 5.32 Å². The molecule has 0 spiro atoms. The molecule has 5 nitrogen and oxygen atoms in total. The minimum atomic E-state index is -0.507. The van der Waals surface area contributed by atoms with Crippen LogP contribution in [0.4, 0.5) is 5.00 Å². The lowest BCUT2D eigenvalue weighted by Gasteiger charge is -2.11. The van der Waals surface area contributed by atoms with Gasteiger partial charge in [-0.25, -0.2) is 4.79 Å². The normalized spacial score (nSPS) is 15.2. The van der Waals surface area contributed by atoms with Crippen molar-refractivity contribution in [3.05, 3.63) is 16.0 Å². The number of hydrogen-bond acceptors (Lipinski definition) is 5. The zero-order valence-electron chi connectivity index (χ0n) is 12.4. The molecule has 0 fully saturated rings. The SMILES string of the molecule is COC(=O)c1c(NC(=O)CCC(C)O)sc2c1CCCC2. The Hall–Kier alpha value is -1.40. The molecule has 0 aliphatic heterocycles. The Labute approximate surface area is 128 Å². The van der Waals surface area contributed by atoms with Gasteiger partial charge in [0.1, 0.15) is 5.00 Å². The van der Waals surface area contributed by atoms with Crippen molar-refractivity contribution in [3.63, 3.8) is 0 Å². The molecule has 116 valence electrons. The van der Waals surface area contributed by atoms with E-state index in [4.69, 9.17) is 4.74 Å². The highest BCUT2D eigenvalue weighted by molar-refractivity contribution is 7.17. The molecular formula is C15H21NO4S. The molecule has 1 aromatic rings. The molecule has 0 saturated heterocycles. The molecule has 0 saturated carbocycles. The molecule has 6 heteroatoms. The quantitative estimate of drug-likeness (QED) is 0.819. The number of esters is 1. The van der Waals surface area contributed by atoms with Crippen LogP contribution in [0.3, 0.4) is 0 Å². The fraction of sp³-hybridized carbons (Fsp3) is 0.600. The Morgan fingerprint density at radius 2 is 2.10 bits per heavy atom. The highest BCUT2D eigenvalue weighted by Gasteiger charge is 2.26. The summed E-state index contributed by atoms with van der Waals surface area (Å²) >= 11 is 1.47. The highest BCUT2D eigenvalue weighted by Crippen LogP contribution is 2.38. The summed E-state index contributed by atoms with van der Waals surface area (Å²) in [6, 6.07) is 0. The van der Waals surface area contributed by atoms with Crippen LogP contribution in [-0.4, -0.2) is 30.2 Å². The molecule has 0 bridgehead atoms. The minimum absolute atomic E-state index is 0.181. The van der Waals surface area contributed by atoms with Gasteiger partial charge in [-0.3, -0.25) is 4.79 Å². The molecule has 21 heavy (non-hydrogen) atoms. The molecule has 2 N–H and O–H groups in total. The second kappa shape index (κ2) is 7.04. The van der Waals surface area contributed by atoms with E-state index in [-0.39, 0.29) is 18.3 Å². The molecule has 1 heterocycles. The van der Waals surface area contributed by atoms with Gasteiger partial charge in [0.25, 0.3) is 0 Å². The topological polar surface area (TPSA) is 75.6 Å². The third kappa shape index (κ3) is 3.83. The van der Waals surface area contributed by atoms with Crippen molar-refractivity contribution in [2.24, 2.45) is 0 Å². The van der Waals surface area contributed by atoms with Gasteiger partial charge in [-0.05, 0) is 44.6 Å². The number of thiophene rings is 1. The number of aliphatic hydroxyl groups excluding tert-OH is 1. The van der Waals surface area contributed by atoms with Crippen molar-refractivity contribution in [1.29, 1.82) is 0 Å². The maximum atomic E-state index is 12.0. The Kier molecular flexibility index (Phi) is 5.36. The van der Waals surface area contributed by atoms with Crippen LogP contribution in [0.1, 0.15) is 53.4 Å². The Bertz CT molecular complexity index is 536. The first-order valence-electron chi connectivity index (χ1n) is 7.23. The Balaban J connectivity index is 2.20. The number of aryl methyl sites for hydroxylation is 1. The molecular weight excluding hydrogens is 290 g/mol. The van der Waals surface area contributed by atoms with E-state index in [1.807, 2.05) is 0 Å². The monoisotopic (exact) mass is 311 g/mol. The number of anilines is 1. The standard InChI is InChI=1S/C15H21NO4S/c1-9(17)7-8-12(18)16-14-13(15(19)20-2)10-5-3-4-6-11(10)21-14/h9,17H,3-8H2,1-2H3,(H,16,18). The smallest absolute Gasteiger partial charge is 0.341 e. The summed E-state index contributed by atoms with van der Waals surface area (Å²) in [7, 11) is 1.36. The molecule has 0 aromatic carbocycles. The van der Waals surface area contributed by atoms with Crippen LogP contribution in [0.25, 0.3) is 0 Å². The summed E-state index contributed by atoms with van der Waals surface area (Å²) in [6.45, 7) is 1.65. The average Bonchev–Trinajstić information content (AvgIpc) is 2.82. The van der Waals surface area contributed by atoms with Gasteiger partial charge in [-0.1, -0.05) is 0 Å². The molecule has 2 rings (SSSR count). The van der Waals surface area contributed by atoms with Crippen molar-refractivity contribution in [1.82, 2.24) is 0 Å². The van der Waals surface area contributed by atoms with Crippen molar-refractivity contribution in [2.45, 2.75) is 51.6 Å². The van der Waals surface area contributed by atoms with Gasteiger partial charge in [0, 0.05) is 11.3 Å². The number of hydrogen-bond donors (Lipinski definition) is 2. The fourth-order valence-electron chi connectivity index (χ4n) is 2.50. The summed E-state index contributed by atoms with van der Waals surface area (Å²) in [5.41, 5.74) is 1.55. The van der Waals surface area contributed by atoms with E-state index in [9.17, 15) is 14.7 Å². The first-order chi connectivity index (χ1) is 10.0. The molecule has 1 unspecified atom stereocenters. The predicted octanol–water partition coefficient (Wildman–Crippen LogP) is 2.51. The van der Waals surface area contributed by atoms with E-state index in [0.29, 0.717) is 17.0 Å². The van der Waals surface area contributed by atoms with Crippen LogP contribution in [0.15, 0.2) is 0 Å². The van der Waals surface area contributed by atoms with E-state index in [1.54, 1.807) is 6.92 Å². The first kappa shape index (κ1) is 16.0. The number of nitrogens with one attached hydrogen (secondary N) is 1. The van der Waals surface area contributed by atoms with Crippen LogP contribution >= 0.6 is 11.3 Å². The lowest BCUT2D eigenvalue weighted by molar-refractivity contribution is -0.116. The number of rotatable bonds is 5. The lowest BCUT2D eigenvalue weighted by atomic mass is 9.95. The zero-order chi connectivity index (χ0) is 15.4. The van der Waals surface area contributed by atoms with Crippen molar-refractivity contribution >= 4 is 28.2 Å². The van der Waals surface area contributed by atoms with Gasteiger partial charge < -0.3 is 15.2 Å². The second-order valence-corrected chi connectivity index (χ2v) is 6.45. The van der Waals surface area contributed by atoms with Gasteiger partial charge in [0.05, 0.1) is 18.8 Å². The molecule has 1 atom stereocenters. The number of methoxy groups -OCH3 is 1. The number of aliphatic hydroxyl groups is 1. The Morgan fingerprint density at radius 3 is 2.76 bits per heavy atom. The van der Waals surface area contributed by atoms with Gasteiger partial charge in [0.2, 0.25) is 5.91 Å². The van der Waals surface area contributed by atoms with Gasteiger partial charge in [-0.15, -0.1) is 11.3 Å².